The Kier molecular flexibility index (Phi) is 4.47. The number of benzene rings is 1. The monoisotopic (exact) mass is 352 g/mol. The number of fused-ring (bicyclic) bond motifs is 1. The lowest BCUT2D eigenvalue weighted by atomic mass is 9.89. The first kappa shape index (κ1) is 14.2. The maximum absolute atomic E-state index is 6.26. The van der Waals surface area contributed by atoms with Crippen LogP contribution in [-0.4, -0.2) is 16.9 Å². The largest absolute Gasteiger partial charge is 0.369 e. The fourth-order valence-corrected chi connectivity index (χ4v) is 3.87. The average Bonchev–Trinajstić information content (AvgIpc) is 2.46. The van der Waals surface area contributed by atoms with Crippen LogP contribution in [0.4, 0.5) is 5.82 Å². The molecule has 2 nitrogen and oxygen atoms in total. The highest BCUT2D eigenvalue weighted by Crippen LogP contribution is 2.30. The van der Waals surface area contributed by atoms with Crippen LogP contribution in [0.25, 0.3) is 10.8 Å². The van der Waals surface area contributed by atoms with Crippen molar-refractivity contribution < 1.29 is 0 Å². The van der Waals surface area contributed by atoms with Crippen molar-refractivity contribution in [2.75, 3.05) is 11.9 Å². The van der Waals surface area contributed by atoms with E-state index in [1.165, 1.54) is 23.6 Å². The second-order valence-electron chi connectivity index (χ2n) is 5.51. The Labute approximate surface area is 133 Å². The Morgan fingerprint density at radius 3 is 3.00 bits per heavy atom. The third kappa shape index (κ3) is 3.09. The van der Waals surface area contributed by atoms with Crippen molar-refractivity contribution in [3.63, 3.8) is 0 Å². The van der Waals surface area contributed by atoms with Gasteiger partial charge in [-0.25, -0.2) is 4.98 Å². The molecule has 4 heteroatoms. The molecular weight excluding hydrogens is 336 g/mol. The highest BCUT2D eigenvalue weighted by Gasteiger charge is 2.20. The Hall–Kier alpha value is -0.800. The van der Waals surface area contributed by atoms with Crippen LogP contribution in [0, 0.1) is 5.92 Å². The first-order valence-electron chi connectivity index (χ1n) is 7.15. The summed E-state index contributed by atoms with van der Waals surface area (Å²) < 4.78 is 1.11. The van der Waals surface area contributed by atoms with Crippen molar-refractivity contribution in [2.24, 2.45) is 5.92 Å². The van der Waals surface area contributed by atoms with Crippen molar-refractivity contribution in [3.05, 3.63) is 34.9 Å². The zero-order valence-electron chi connectivity index (χ0n) is 11.3. The predicted octanol–water partition coefficient (Wildman–Crippen LogP) is 5.21. The molecule has 0 amide bonds. The van der Waals surface area contributed by atoms with Gasteiger partial charge in [0.1, 0.15) is 5.82 Å². The Morgan fingerprint density at radius 1 is 1.25 bits per heavy atom. The molecule has 1 N–H and O–H groups in total. The number of pyridine rings is 1. The number of rotatable bonds is 3. The quantitative estimate of drug-likeness (QED) is 0.766. The molecule has 106 valence electrons. The molecule has 1 saturated carbocycles. The summed E-state index contributed by atoms with van der Waals surface area (Å²) in [6, 6.07) is 8.26. The Bertz CT molecular complexity index is 602. The van der Waals surface area contributed by atoms with E-state index in [1.807, 2.05) is 12.3 Å². The minimum Gasteiger partial charge on any atom is -0.369 e. The van der Waals surface area contributed by atoms with E-state index in [1.54, 1.807) is 0 Å². The minimum atomic E-state index is 0.352. The molecule has 2 aromatic rings. The first-order valence-corrected chi connectivity index (χ1v) is 8.38. The Morgan fingerprint density at radius 2 is 2.15 bits per heavy atom. The molecule has 0 saturated heterocycles. The molecule has 2 atom stereocenters. The number of hydrogen-bond donors (Lipinski definition) is 1. The molecule has 1 aromatic heterocycles. The number of anilines is 1. The maximum Gasteiger partial charge on any atom is 0.133 e. The molecule has 0 aliphatic heterocycles. The van der Waals surface area contributed by atoms with Gasteiger partial charge in [0.15, 0.2) is 0 Å². The lowest BCUT2D eigenvalue weighted by Crippen LogP contribution is -2.22. The number of halogens is 2. The first-order chi connectivity index (χ1) is 9.74. The van der Waals surface area contributed by atoms with Crippen LogP contribution in [0.15, 0.2) is 34.9 Å². The van der Waals surface area contributed by atoms with Gasteiger partial charge >= 0.3 is 0 Å². The maximum atomic E-state index is 6.26. The molecule has 2 unspecified atom stereocenters. The van der Waals surface area contributed by atoms with Gasteiger partial charge in [0, 0.05) is 33.4 Å². The topological polar surface area (TPSA) is 24.9 Å². The third-order valence-electron chi connectivity index (χ3n) is 4.03. The normalized spacial score (nSPS) is 22.9. The molecule has 3 rings (SSSR count). The van der Waals surface area contributed by atoms with Crippen molar-refractivity contribution in [1.29, 1.82) is 0 Å². The van der Waals surface area contributed by atoms with Crippen molar-refractivity contribution in [2.45, 2.75) is 31.1 Å². The average molecular weight is 354 g/mol. The van der Waals surface area contributed by atoms with Crippen LogP contribution >= 0.6 is 27.5 Å². The summed E-state index contributed by atoms with van der Waals surface area (Å²) in [6.07, 6.45) is 6.65. The molecule has 1 fully saturated rings. The molecule has 20 heavy (non-hydrogen) atoms. The second kappa shape index (κ2) is 6.31. The van der Waals surface area contributed by atoms with Gasteiger partial charge in [-0.3, -0.25) is 0 Å². The number of aromatic nitrogens is 1. The summed E-state index contributed by atoms with van der Waals surface area (Å²) in [5.41, 5.74) is 0. The van der Waals surface area contributed by atoms with Gasteiger partial charge in [0.05, 0.1) is 0 Å². The van der Waals surface area contributed by atoms with E-state index in [0.29, 0.717) is 11.3 Å². The van der Waals surface area contributed by atoms with Gasteiger partial charge < -0.3 is 5.32 Å². The lowest BCUT2D eigenvalue weighted by molar-refractivity contribution is 0.378. The van der Waals surface area contributed by atoms with Crippen LogP contribution in [-0.2, 0) is 0 Å². The third-order valence-corrected chi connectivity index (χ3v) is 5.12. The highest BCUT2D eigenvalue weighted by atomic mass is 79.9. The smallest absolute Gasteiger partial charge is 0.133 e. The van der Waals surface area contributed by atoms with Crippen LogP contribution in [0.5, 0.6) is 0 Å². The zero-order valence-corrected chi connectivity index (χ0v) is 13.6. The van der Waals surface area contributed by atoms with E-state index in [4.69, 9.17) is 11.6 Å². The fraction of sp³-hybridized carbons (Fsp3) is 0.438. The van der Waals surface area contributed by atoms with Gasteiger partial charge in [-0.1, -0.05) is 34.5 Å². The molecule has 1 aliphatic rings. The van der Waals surface area contributed by atoms with E-state index in [-0.39, 0.29) is 0 Å². The number of alkyl halides is 1. The molecule has 1 aliphatic carbocycles. The molecule has 0 bridgehead atoms. The summed E-state index contributed by atoms with van der Waals surface area (Å²) in [5.74, 6) is 1.64. The summed E-state index contributed by atoms with van der Waals surface area (Å²) in [6.45, 7) is 0.960. The van der Waals surface area contributed by atoms with E-state index in [0.717, 1.165) is 29.7 Å². The summed E-state index contributed by atoms with van der Waals surface area (Å²) >= 11 is 9.85. The van der Waals surface area contributed by atoms with Crippen LogP contribution in [0.3, 0.4) is 0 Å². The molecule has 1 aromatic carbocycles. The summed E-state index contributed by atoms with van der Waals surface area (Å²) in [5, 5.41) is 6.23. The SMILES string of the molecule is ClC1CCCC(CNc2nccc3c(Br)cccc23)C1. The number of nitrogens with one attached hydrogen (secondary N) is 1. The highest BCUT2D eigenvalue weighted by molar-refractivity contribution is 9.10. The predicted molar refractivity (Wildman–Crippen MR) is 89.5 cm³/mol. The number of nitrogens with zero attached hydrogens (tertiary/aromatic N) is 1. The summed E-state index contributed by atoms with van der Waals surface area (Å²) in [4.78, 5) is 4.49. The van der Waals surface area contributed by atoms with E-state index < -0.39 is 0 Å². The van der Waals surface area contributed by atoms with Gasteiger partial charge in [0.25, 0.3) is 0 Å². The van der Waals surface area contributed by atoms with E-state index >= 15 is 0 Å². The van der Waals surface area contributed by atoms with Gasteiger partial charge in [-0.15, -0.1) is 11.6 Å². The molecule has 0 spiro atoms. The molecule has 0 radical (unpaired) electrons. The fourth-order valence-electron chi connectivity index (χ4n) is 2.96. The van der Waals surface area contributed by atoms with Gasteiger partial charge in [-0.05, 0) is 37.3 Å². The van der Waals surface area contributed by atoms with Crippen LogP contribution < -0.4 is 5.32 Å². The van der Waals surface area contributed by atoms with Crippen molar-refractivity contribution in [3.8, 4) is 0 Å². The van der Waals surface area contributed by atoms with E-state index in [9.17, 15) is 0 Å². The van der Waals surface area contributed by atoms with Crippen molar-refractivity contribution >= 4 is 44.1 Å². The van der Waals surface area contributed by atoms with Gasteiger partial charge in [-0.2, -0.15) is 0 Å². The van der Waals surface area contributed by atoms with Crippen LogP contribution in [0.1, 0.15) is 25.7 Å². The standard InChI is InChI=1S/C16H18BrClN2/c17-15-6-2-5-14-13(15)7-8-19-16(14)20-10-11-3-1-4-12(18)9-11/h2,5-8,11-12H,1,3-4,9-10H2,(H,19,20). The van der Waals surface area contributed by atoms with Crippen molar-refractivity contribution in [1.82, 2.24) is 4.98 Å². The second-order valence-corrected chi connectivity index (χ2v) is 6.98. The van der Waals surface area contributed by atoms with Gasteiger partial charge in [0.2, 0.25) is 0 Å². The van der Waals surface area contributed by atoms with Crippen LogP contribution in [0.2, 0.25) is 0 Å². The zero-order chi connectivity index (χ0) is 13.9. The summed E-state index contributed by atoms with van der Waals surface area (Å²) in [7, 11) is 0. The minimum absolute atomic E-state index is 0.352. The lowest BCUT2D eigenvalue weighted by Gasteiger charge is -2.25. The molecular formula is C16H18BrClN2. The Balaban J connectivity index is 1.76. The molecule has 1 heterocycles. The number of hydrogen-bond acceptors (Lipinski definition) is 2. The van der Waals surface area contributed by atoms with E-state index in [2.05, 4.69) is 44.4 Å².